The van der Waals surface area contributed by atoms with Crippen molar-refractivity contribution in [3.8, 4) is 5.75 Å². The fourth-order valence-electron chi connectivity index (χ4n) is 4.19. The number of rotatable bonds is 5. The Morgan fingerprint density at radius 3 is 2.88 bits per heavy atom. The zero-order chi connectivity index (χ0) is 16.7. The molecule has 2 fully saturated rings. The number of benzene rings is 1. The maximum atomic E-state index is 12.5. The number of para-hydroxylation sites is 1. The Hall–Kier alpha value is -1.57. The second-order valence-electron chi connectivity index (χ2n) is 7.03. The summed E-state index contributed by atoms with van der Waals surface area (Å²) in [6.45, 7) is 0.496. The number of nitrogens with one attached hydrogen (secondary N) is 1. The van der Waals surface area contributed by atoms with E-state index in [9.17, 15) is 14.8 Å². The van der Waals surface area contributed by atoms with Crippen LogP contribution in [0.2, 0.25) is 0 Å². The molecule has 0 aliphatic carbocycles. The molecule has 6 nitrogen and oxygen atoms in total. The smallest absolute Gasteiger partial charge is 0.475 e. The molecule has 128 valence electrons. The molecule has 5 atom stereocenters. The minimum atomic E-state index is -1.60. The third-order valence-electron chi connectivity index (χ3n) is 5.47. The van der Waals surface area contributed by atoms with Crippen LogP contribution >= 0.6 is 0 Å². The molecule has 0 spiro atoms. The molecule has 1 aromatic rings. The SMILES string of the molecule is O=C(NC(C[C@H]1COc2ccccc21)B(O)O)[C@@H]1C[C@H]2CC[C@@H]1O2. The maximum Gasteiger partial charge on any atom is 0.475 e. The van der Waals surface area contributed by atoms with E-state index in [-0.39, 0.29) is 30.0 Å². The summed E-state index contributed by atoms with van der Waals surface area (Å²) >= 11 is 0. The summed E-state index contributed by atoms with van der Waals surface area (Å²) in [7, 11) is -1.60. The van der Waals surface area contributed by atoms with Crippen molar-refractivity contribution < 1.29 is 24.3 Å². The number of carbonyl (C=O) groups excluding carboxylic acids is 1. The van der Waals surface area contributed by atoms with Crippen LogP contribution in [0.15, 0.2) is 24.3 Å². The highest BCUT2D eigenvalue weighted by Crippen LogP contribution is 2.39. The first-order valence-corrected chi connectivity index (χ1v) is 8.65. The largest absolute Gasteiger partial charge is 0.493 e. The second-order valence-corrected chi connectivity index (χ2v) is 7.03. The Balaban J connectivity index is 1.41. The van der Waals surface area contributed by atoms with Gasteiger partial charge >= 0.3 is 7.12 Å². The van der Waals surface area contributed by atoms with Crippen molar-refractivity contribution in [2.45, 2.75) is 49.8 Å². The van der Waals surface area contributed by atoms with E-state index in [0.29, 0.717) is 13.0 Å². The summed E-state index contributed by atoms with van der Waals surface area (Å²) in [6, 6.07) is 7.75. The van der Waals surface area contributed by atoms with Gasteiger partial charge in [-0.15, -0.1) is 0 Å². The van der Waals surface area contributed by atoms with Crippen LogP contribution in [0.5, 0.6) is 5.75 Å². The van der Waals surface area contributed by atoms with Gasteiger partial charge in [-0.25, -0.2) is 0 Å². The topological polar surface area (TPSA) is 88.0 Å². The molecule has 0 radical (unpaired) electrons. The van der Waals surface area contributed by atoms with Gasteiger partial charge in [0.05, 0.1) is 30.7 Å². The van der Waals surface area contributed by atoms with Crippen LogP contribution in [-0.4, -0.2) is 47.8 Å². The fraction of sp³-hybridized carbons (Fsp3) is 0.588. The third kappa shape index (κ3) is 2.92. The van der Waals surface area contributed by atoms with Crippen molar-refractivity contribution in [2.24, 2.45) is 5.92 Å². The van der Waals surface area contributed by atoms with E-state index in [1.807, 2.05) is 24.3 Å². The lowest BCUT2D eigenvalue weighted by Gasteiger charge is -2.24. The molecule has 3 N–H and O–H groups in total. The highest BCUT2D eigenvalue weighted by molar-refractivity contribution is 6.43. The minimum absolute atomic E-state index is 0.0120. The van der Waals surface area contributed by atoms with E-state index in [1.165, 1.54) is 0 Å². The van der Waals surface area contributed by atoms with Crippen molar-refractivity contribution >= 4 is 13.0 Å². The Labute approximate surface area is 141 Å². The molecule has 24 heavy (non-hydrogen) atoms. The van der Waals surface area contributed by atoms with E-state index >= 15 is 0 Å². The molecule has 3 aliphatic heterocycles. The summed E-state index contributed by atoms with van der Waals surface area (Å²) in [4.78, 5) is 12.5. The van der Waals surface area contributed by atoms with Crippen LogP contribution in [0.3, 0.4) is 0 Å². The summed E-state index contributed by atoms with van der Waals surface area (Å²) in [6.07, 6.45) is 3.29. The van der Waals surface area contributed by atoms with E-state index < -0.39 is 13.1 Å². The Kier molecular flexibility index (Phi) is 4.24. The standard InChI is InChI=1S/C17H22BNO5/c20-17(13-8-11-5-6-15(13)24-11)19-16(18(21)22)7-10-9-23-14-4-2-1-3-12(10)14/h1-4,10-11,13,15-16,21-22H,5-9H2,(H,19,20)/t10-,11+,13+,15-,16?/m0/s1. The Morgan fingerprint density at radius 2 is 2.17 bits per heavy atom. The summed E-state index contributed by atoms with van der Waals surface area (Å²) in [5.41, 5.74) is 1.06. The summed E-state index contributed by atoms with van der Waals surface area (Å²) < 4.78 is 11.4. The van der Waals surface area contributed by atoms with E-state index in [2.05, 4.69) is 5.32 Å². The fourth-order valence-corrected chi connectivity index (χ4v) is 4.19. The van der Waals surface area contributed by atoms with Gasteiger partial charge in [-0.1, -0.05) is 18.2 Å². The van der Waals surface area contributed by atoms with Crippen molar-refractivity contribution in [1.82, 2.24) is 5.32 Å². The normalized spacial score (nSPS) is 31.4. The molecule has 2 bridgehead atoms. The Bertz CT molecular complexity index is 625. The van der Waals surface area contributed by atoms with Gasteiger partial charge in [-0.3, -0.25) is 4.79 Å². The first kappa shape index (κ1) is 15.9. The lowest BCUT2D eigenvalue weighted by Crippen LogP contribution is -2.50. The zero-order valence-electron chi connectivity index (χ0n) is 13.4. The van der Waals surface area contributed by atoms with Crippen LogP contribution < -0.4 is 10.1 Å². The minimum Gasteiger partial charge on any atom is -0.493 e. The molecule has 0 saturated carbocycles. The predicted molar refractivity (Wildman–Crippen MR) is 87.4 cm³/mol. The zero-order valence-corrected chi connectivity index (χ0v) is 13.4. The summed E-state index contributed by atoms with van der Waals surface area (Å²) in [5, 5.41) is 22.3. The molecular weight excluding hydrogens is 309 g/mol. The van der Waals surface area contributed by atoms with Crippen LogP contribution in [0, 0.1) is 5.92 Å². The summed E-state index contributed by atoms with van der Waals surface area (Å²) in [5.74, 6) is -0.132. The number of carbonyl (C=O) groups is 1. The first-order valence-electron chi connectivity index (χ1n) is 8.65. The van der Waals surface area contributed by atoms with Crippen LogP contribution in [0.1, 0.15) is 37.2 Å². The molecule has 3 heterocycles. The Morgan fingerprint density at radius 1 is 1.33 bits per heavy atom. The van der Waals surface area contributed by atoms with Gasteiger partial charge in [0.15, 0.2) is 0 Å². The molecule has 7 heteroatoms. The van der Waals surface area contributed by atoms with Crippen LogP contribution in [-0.2, 0) is 9.53 Å². The van der Waals surface area contributed by atoms with Gasteiger partial charge < -0.3 is 24.8 Å². The monoisotopic (exact) mass is 331 g/mol. The van der Waals surface area contributed by atoms with E-state index in [0.717, 1.165) is 30.6 Å². The average molecular weight is 331 g/mol. The van der Waals surface area contributed by atoms with E-state index in [4.69, 9.17) is 9.47 Å². The van der Waals surface area contributed by atoms with Gasteiger partial charge in [0, 0.05) is 11.5 Å². The molecule has 4 rings (SSSR count). The van der Waals surface area contributed by atoms with Gasteiger partial charge in [0.1, 0.15) is 5.75 Å². The molecule has 0 aromatic heterocycles. The number of hydrogen-bond acceptors (Lipinski definition) is 5. The molecule has 3 aliphatic rings. The molecule has 1 amide bonds. The van der Waals surface area contributed by atoms with Gasteiger partial charge in [0.2, 0.25) is 5.91 Å². The average Bonchev–Trinajstić information content (AvgIpc) is 3.29. The number of fused-ring (bicyclic) bond motifs is 3. The predicted octanol–water partition coefficient (Wildman–Crippen LogP) is 0.617. The number of amides is 1. The second kappa shape index (κ2) is 6.39. The lowest BCUT2D eigenvalue weighted by atomic mass is 9.73. The van der Waals surface area contributed by atoms with Gasteiger partial charge in [-0.05, 0) is 31.7 Å². The highest BCUT2D eigenvalue weighted by Gasteiger charge is 2.45. The van der Waals surface area contributed by atoms with Gasteiger partial charge in [-0.2, -0.15) is 0 Å². The van der Waals surface area contributed by atoms with Crippen molar-refractivity contribution in [3.63, 3.8) is 0 Å². The van der Waals surface area contributed by atoms with E-state index in [1.54, 1.807) is 0 Å². The van der Waals surface area contributed by atoms with Gasteiger partial charge in [0.25, 0.3) is 0 Å². The van der Waals surface area contributed by atoms with Crippen molar-refractivity contribution in [2.75, 3.05) is 6.61 Å². The van der Waals surface area contributed by atoms with Crippen LogP contribution in [0.25, 0.3) is 0 Å². The quantitative estimate of drug-likeness (QED) is 0.689. The third-order valence-corrected chi connectivity index (χ3v) is 5.47. The molecular formula is C17H22BNO5. The number of ether oxygens (including phenoxy) is 2. The van der Waals surface area contributed by atoms with Crippen LogP contribution in [0.4, 0.5) is 0 Å². The number of hydrogen-bond donors (Lipinski definition) is 3. The first-order chi connectivity index (χ1) is 11.6. The molecule has 1 unspecified atom stereocenters. The van der Waals surface area contributed by atoms with Crippen molar-refractivity contribution in [3.05, 3.63) is 29.8 Å². The molecule has 1 aromatic carbocycles. The lowest BCUT2D eigenvalue weighted by molar-refractivity contribution is -0.127. The molecule has 2 saturated heterocycles. The maximum absolute atomic E-state index is 12.5. The highest BCUT2D eigenvalue weighted by atomic mass is 16.5. The van der Waals surface area contributed by atoms with Crippen molar-refractivity contribution in [1.29, 1.82) is 0 Å².